The molecule has 0 aromatic rings. The molecule has 5 heteroatoms. The Morgan fingerprint density at radius 2 is 2.00 bits per heavy atom. The summed E-state index contributed by atoms with van der Waals surface area (Å²) >= 11 is 7.27. The summed E-state index contributed by atoms with van der Waals surface area (Å²) in [6.07, 6.45) is 6.08. The Hall–Kier alpha value is -0.290. The van der Waals surface area contributed by atoms with Gasteiger partial charge >= 0.3 is 0 Å². The first-order valence-corrected chi connectivity index (χ1v) is 7.57. The molecule has 0 aromatic carbocycles. The van der Waals surface area contributed by atoms with Crippen LogP contribution in [0.1, 0.15) is 32.1 Å². The monoisotopic (exact) mass is 256 g/mol. The lowest BCUT2D eigenvalue weighted by atomic mass is 9.94. The van der Waals surface area contributed by atoms with Gasteiger partial charge < -0.3 is 4.90 Å². The third kappa shape index (κ3) is 1.56. The van der Waals surface area contributed by atoms with Crippen molar-refractivity contribution in [2.75, 3.05) is 11.6 Å². The Labute approximate surface area is 106 Å². The van der Waals surface area contributed by atoms with E-state index in [0.29, 0.717) is 6.04 Å². The molecule has 1 atom stereocenters. The fourth-order valence-corrected chi connectivity index (χ4v) is 4.57. The normalized spacial score (nSPS) is 31.4. The molecular formula is C11H16N2OS2. The number of rotatable bonds is 1. The Kier molecular flexibility index (Phi) is 2.83. The van der Waals surface area contributed by atoms with Gasteiger partial charge in [0, 0.05) is 11.8 Å². The zero-order chi connectivity index (χ0) is 11.1. The molecule has 3 nitrogen and oxygen atoms in total. The van der Waals surface area contributed by atoms with Gasteiger partial charge in [0.15, 0.2) is 5.11 Å². The zero-order valence-corrected chi connectivity index (χ0v) is 10.9. The van der Waals surface area contributed by atoms with E-state index < -0.39 is 0 Å². The first-order chi connectivity index (χ1) is 7.79. The van der Waals surface area contributed by atoms with Crippen molar-refractivity contribution in [1.82, 2.24) is 9.80 Å². The first kappa shape index (κ1) is 10.8. The summed E-state index contributed by atoms with van der Waals surface area (Å²) in [6.45, 7) is 0. The van der Waals surface area contributed by atoms with Crippen molar-refractivity contribution in [3.63, 3.8) is 0 Å². The van der Waals surface area contributed by atoms with Crippen molar-refractivity contribution >= 4 is 35.0 Å². The molecule has 88 valence electrons. The van der Waals surface area contributed by atoms with Crippen molar-refractivity contribution in [2.24, 2.45) is 0 Å². The molecule has 3 fully saturated rings. The SMILES string of the molecule is O=C1C2CSCN2C(=S)N1C1CCCCC1. The number of fused-ring (bicyclic) bond motifs is 1. The minimum absolute atomic E-state index is 0.0550. The Morgan fingerprint density at radius 1 is 1.25 bits per heavy atom. The molecule has 1 amide bonds. The lowest BCUT2D eigenvalue weighted by molar-refractivity contribution is -0.129. The molecule has 2 aliphatic heterocycles. The number of carbonyl (C=O) groups excluding carboxylic acids is 1. The quantitative estimate of drug-likeness (QED) is 0.668. The second-order valence-corrected chi connectivity index (χ2v) is 6.13. The van der Waals surface area contributed by atoms with E-state index in [2.05, 4.69) is 4.90 Å². The number of hydrogen-bond donors (Lipinski definition) is 0. The molecule has 0 bridgehead atoms. The van der Waals surface area contributed by atoms with Crippen LogP contribution in [0.15, 0.2) is 0 Å². The third-order valence-electron chi connectivity index (χ3n) is 3.80. The second kappa shape index (κ2) is 4.18. The second-order valence-electron chi connectivity index (χ2n) is 4.77. The molecule has 1 unspecified atom stereocenters. The summed E-state index contributed by atoms with van der Waals surface area (Å²) < 4.78 is 0. The summed E-state index contributed by atoms with van der Waals surface area (Å²) in [5.41, 5.74) is 0. The molecule has 0 N–H and O–H groups in total. The smallest absolute Gasteiger partial charge is 0.252 e. The molecule has 3 aliphatic rings. The third-order valence-corrected chi connectivity index (χ3v) is 5.24. The van der Waals surface area contributed by atoms with Gasteiger partial charge in [-0.15, -0.1) is 11.8 Å². The minimum atomic E-state index is 0.0550. The van der Waals surface area contributed by atoms with Crippen LogP contribution in [0.3, 0.4) is 0 Å². The summed E-state index contributed by atoms with van der Waals surface area (Å²) in [5, 5.41) is 0.798. The fourth-order valence-electron chi connectivity index (χ4n) is 2.90. The van der Waals surface area contributed by atoms with Crippen LogP contribution in [0, 0.1) is 0 Å². The highest BCUT2D eigenvalue weighted by molar-refractivity contribution is 7.99. The van der Waals surface area contributed by atoms with Crippen LogP contribution in [0.5, 0.6) is 0 Å². The topological polar surface area (TPSA) is 23.6 Å². The molecule has 1 aliphatic carbocycles. The average Bonchev–Trinajstić information content (AvgIpc) is 2.86. The number of carbonyl (C=O) groups is 1. The molecule has 0 spiro atoms. The van der Waals surface area contributed by atoms with E-state index in [9.17, 15) is 4.79 Å². The van der Waals surface area contributed by atoms with Crippen LogP contribution in [-0.2, 0) is 4.79 Å². The van der Waals surface area contributed by atoms with Crippen molar-refractivity contribution in [2.45, 2.75) is 44.2 Å². The molecule has 2 heterocycles. The van der Waals surface area contributed by atoms with Crippen LogP contribution in [0.4, 0.5) is 0 Å². The van der Waals surface area contributed by atoms with Gasteiger partial charge in [0.2, 0.25) is 0 Å². The Morgan fingerprint density at radius 3 is 2.69 bits per heavy atom. The average molecular weight is 256 g/mol. The van der Waals surface area contributed by atoms with Gasteiger partial charge in [0.25, 0.3) is 5.91 Å². The lowest BCUT2D eigenvalue weighted by Gasteiger charge is -2.31. The van der Waals surface area contributed by atoms with Crippen LogP contribution in [0.25, 0.3) is 0 Å². The van der Waals surface area contributed by atoms with E-state index in [-0.39, 0.29) is 11.9 Å². The maximum atomic E-state index is 12.3. The largest absolute Gasteiger partial charge is 0.327 e. The van der Waals surface area contributed by atoms with Gasteiger partial charge in [-0.05, 0) is 25.1 Å². The molecule has 0 aromatic heterocycles. The van der Waals surface area contributed by atoms with E-state index in [1.807, 2.05) is 16.7 Å². The predicted molar refractivity (Wildman–Crippen MR) is 69.3 cm³/mol. The number of thioether (sulfide) groups is 1. The van der Waals surface area contributed by atoms with Gasteiger partial charge in [-0.1, -0.05) is 19.3 Å². The highest BCUT2D eigenvalue weighted by Crippen LogP contribution is 2.34. The van der Waals surface area contributed by atoms with E-state index >= 15 is 0 Å². The summed E-state index contributed by atoms with van der Waals surface area (Å²) in [4.78, 5) is 16.3. The predicted octanol–water partition coefficient (Wildman–Crippen LogP) is 1.82. The van der Waals surface area contributed by atoms with Gasteiger partial charge in [-0.2, -0.15) is 0 Å². The van der Waals surface area contributed by atoms with Crippen molar-refractivity contribution in [3.8, 4) is 0 Å². The molecule has 2 saturated heterocycles. The Balaban J connectivity index is 1.80. The molecule has 3 rings (SSSR count). The number of nitrogens with zero attached hydrogens (tertiary/aromatic N) is 2. The highest BCUT2D eigenvalue weighted by atomic mass is 32.2. The number of amides is 1. The van der Waals surface area contributed by atoms with Crippen LogP contribution in [0.2, 0.25) is 0 Å². The maximum absolute atomic E-state index is 12.3. The molecule has 16 heavy (non-hydrogen) atoms. The molecule has 0 radical (unpaired) electrons. The van der Waals surface area contributed by atoms with E-state index in [0.717, 1.165) is 29.6 Å². The fraction of sp³-hybridized carbons (Fsp3) is 0.818. The molecule has 1 saturated carbocycles. The molecular weight excluding hydrogens is 240 g/mol. The minimum Gasteiger partial charge on any atom is -0.327 e. The van der Waals surface area contributed by atoms with E-state index in [1.165, 1.54) is 19.3 Å². The Bertz CT molecular complexity index is 306. The standard InChI is InChI=1S/C11H16N2OS2/c14-10-9-6-16-7-12(9)11(15)13(10)8-4-2-1-3-5-8/h8-9H,1-7H2. The zero-order valence-electron chi connectivity index (χ0n) is 9.22. The van der Waals surface area contributed by atoms with Crippen molar-refractivity contribution in [3.05, 3.63) is 0 Å². The van der Waals surface area contributed by atoms with Crippen LogP contribution in [-0.4, -0.2) is 44.5 Å². The summed E-state index contributed by atoms with van der Waals surface area (Å²) in [5.74, 6) is 2.09. The van der Waals surface area contributed by atoms with Gasteiger partial charge in [-0.3, -0.25) is 9.69 Å². The highest BCUT2D eigenvalue weighted by Gasteiger charge is 2.47. The van der Waals surface area contributed by atoms with Gasteiger partial charge in [0.05, 0.1) is 5.88 Å². The number of hydrogen-bond acceptors (Lipinski definition) is 3. The van der Waals surface area contributed by atoms with Gasteiger partial charge in [-0.25, -0.2) is 0 Å². The van der Waals surface area contributed by atoms with Crippen LogP contribution < -0.4 is 0 Å². The van der Waals surface area contributed by atoms with Crippen molar-refractivity contribution < 1.29 is 4.79 Å². The number of thiocarbonyl (C=S) groups is 1. The van der Waals surface area contributed by atoms with Gasteiger partial charge in [0.1, 0.15) is 6.04 Å². The summed E-state index contributed by atoms with van der Waals surface area (Å²) in [6, 6.07) is 0.448. The van der Waals surface area contributed by atoms with Crippen LogP contribution >= 0.6 is 24.0 Å². The lowest BCUT2D eigenvalue weighted by Crippen LogP contribution is -2.42. The first-order valence-electron chi connectivity index (χ1n) is 6.00. The van der Waals surface area contributed by atoms with E-state index in [1.54, 1.807) is 0 Å². The van der Waals surface area contributed by atoms with Crippen molar-refractivity contribution in [1.29, 1.82) is 0 Å². The maximum Gasteiger partial charge on any atom is 0.252 e. The summed E-state index contributed by atoms with van der Waals surface area (Å²) in [7, 11) is 0. The van der Waals surface area contributed by atoms with E-state index in [4.69, 9.17) is 12.2 Å².